The maximum atomic E-state index is 10.5. The zero-order chi connectivity index (χ0) is 11.4. The van der Waals surface area contributed by atoms with E-state index < -0.39 is 5.97 Å². The summed E-state index contributed by atoms with van der Waals surface area (Å²) in [5, 5.41) is 11.9. The molecule has 2 heterocycles. The first kappa shape index (κ1) is 11.1. The minimum absolute atomic E-state index is 0.0874. The monoisotopic (exact) mass is 224 g/mol. The lowest BCUT2D eigenvalue weighted by Crippen LogP contribution is -2.30. The maximum Gasteiger partial charge on any atom is 0.311 e. The molecule has 1 aliphatic rings. The van der Waals surface area contributed by atoms with E-state index in [4.69, 9.17) is 9.52 Å². The molecule has 1 aromatic rings. The lowest BCUT2D eigenvalue weighted by atomic mass is 9.96. The molecule has 1 aromatic heterocycles. The van der Waals surface area contributed by atoms with Crippen LogP contribution in [-0.2, 0) is 17.6 Å². The topological polar surface area (TPSA) is 75.4 Å². The van der Waals surface area contributed by atoms with E-state index in [1.54, 1.807) is 0 Å². The largest absolute Gasteiger partial charge is 0.481 e. The maximum absolute atomic E-state index is 10.5. The molecule has 0 radical (unpaired) electrons. The highest BCUT2D eigenvalue weighted by atomic mass is 16.4. The Balaban J connectivity index is 1.88. The average Bonchev–Trinajstić information content (AvgIpc) is 2.66. The third-order valence-corrected chi connectivity index (χ3v) is 2.79. The number of piperidine rings is 1. The molecule has 2 rings (SSSR count). The van der Waals surface area contributed by atoms with E-state index in [0.717, 1.165) is 19.5 Å². The van der Waals surface area contributed by atoms with Gasteiger partial charge in [0.1, 0.15) is 12.2 Å². The van der Waals surface area contributed by atoms with Gasteiger partial charge in [-0.25, -0.2) is 4.98 Å². The van der Waals surface area contributed by atoms with Gasteiger partial charge in [0.25, 0.3) is 0 Å². The number of carboxylic acids is 1. The summed E-state index contributed by atoms with van der Waals surface area (Å²) in [5.41, 5.74) is 0. The lowest BCUT2D eigenvalue weighted by molar-refractivity contribution is -0.136. The molecule has 0 aromatic carbocycles. The van der Waals surface area contributed by atoms with Crippen LogP contribution in [0.5, 0.6) is 0 Å². The van der Waals surface area contributed by atoms with Crippen LogP contribution < -0.4 is 5.32 Å². The zero-order valence-electron chi connectivity index (χ0n) is 9.11. The normalized spacial score (nSPS) is 20.9. The lowest BCUT2D eigenvalue weighted by Gasteiger charge is -2.21. The van der Waals surface area contributed by atoms with Crippen molar-refractivity contribution in [2.75, 3.05) is 13.1 Å². The Morgan fingerprint density at radius 2 is 2.56 bits per heavy atom. The van der Waals surface area contributed by atoms with E-state index in [2.05, 4.69) is 10.3 Å². The number of carbonyl (C=O) groups is 1. The molecule has 0 amide bonds. The van der Waals surface area contributed by atoms with Crippen molar-refractivity contribution in [3.05, 3.63) is 17.8 Å². The molecule has 1 unspecified atom stereocenters. The van der Waals surface area contributed by atoms with Crippen LogP contribution in [-0.4, -0.2) is 29.1 Å². The van der Waals surface area contributed by atoms with Crippen LogP contribution in [0.3, 0.4) is 0 Å². The molecular formula is C11H16N2O3. The summed E-state index contributed by atoms with van der Waals surface area (Å²) in [7, 11) is 0. The van der Waals surface area contributed by atoms with Crippen LogP contribution in [0.4, 0.5) is 0 Å². The van der Waals surface area contributed by atoms with E-state index in [1.807, 2.05) is 0 Å². The highest BCUT2D eigenvalue weighted by Crippen LogP contribution is 2.16. The van der Waals surface area contributed by atoms with Gasteiger partial charge < -0.3 is 14.8 Å². The third kappa shape index (κ3) is 3.06. The highest BCUT2D eigenvalue weighted by Gasteiger charge is 2.16. The van der Waals surface area contributed by atoms with Crippen molar-refractivity contribution in [2.45, 2.75) is 25.7 Å². The van der Waals surface area contributed by atoms with Crippen molar-refractivity contribution in [1.29, 1.82) is 0 Å². The SMILES string of the molecule is O=C(O)Cc1cnc(CC2CCCNC2)o1. The number of aromatic nitrogens is 1. The van der Waals surface area contributed by atoms with Gasteiger partial charge in [-0.2, -0.15) is 0 Å². The van der Waals surface area contributed by atoms with Crippen LogP contribution >= 0.6 is 0 Å². The van der Waals surface area contributed by atoms with Crippen molar-refractivity contribution in [2.24, 2.45) is 5.92 Å². The van der Waals surface area contributed by atoms with Crippen LogP contribution in [0.1, 0.15) is 24.5 Å². The van der Waals surface area contributed by atoms with Gasteiger partial charge in [-0.05, 0) is 31.8 Å². The second kappa shape index (κ2) is 5.12. The molecule has 1 saturated heterocycles. The molecule has 0 bridgehead atoms. The van der Waals surface area contributed by atoms with E-state index >= 15 is 0 Å². The van der Waals surface area contributed by atoms with Crippen molar-refractivity contribution in [3.63, 3.8) is 0 Å². The Bertz CT molecular complexity index is 356. The first-order valence-electron chi connectivity index (χ1n) is 5.60. The second-order valence-electron chi connectivity index (χ2n) is 4.21. The number of rotatable bonds is 4. The number of nitrogens with one attached hydrogen (secondary N) is 1. The van der Waals surface area contributed by atoms with Crippen molar-refractivity contribution >= 4 is 5.97 Å². The summed E-state index contributed by atoms with van der Waals surface area (Å²) in [4.78, 5) is 14.6. The van der Waals surface area contributed by atoms with E-state index in [-0.39, 0.29) is 6.42 Å². The molecule has 2 N–H and O–H groups in total. The fourth-order valence-corrected chi connectivity index (χ4v) is 2.02. The highest BCUT2D eigenvalue weighted by molar-refractivity contribution is 5.69. The molecule has 5 heteroatoms. The molecule has 0 spiro atoms. The Morgan fingerprint density at radius 3 is 3.25 bits per heavy atom. The Hall–Kier alpha value is -1.36. The zero-order valence-corrected chi connectivity index (χ0v) is 9.11. The number of oxazole rings is 1. The Morgan fingerprint density at radius 1 is 1.69 bits per heavy atom. The number of hydrogen-bond acceptors (Lipinski definition) is 4. The third-order valence-electron chi connectivity index (χ3n) is 2.79. The number of aliphatic carboxylic acids is 1. The number of hydrogen-bond donors (Lipinski definition) is 2. The molecule has 1 fully saturated rings. The predicted molar refractivity (Wildman–Crippen MR) is 57.1 cm³/mol. The van der Waals surface area contributed by atoms with Gasteiger partial charge in [-0.15, -0.1) is 0 Å². The molecule has 88 valence electrons. The number of nitrogens with zero attached hydrogens (tertiary/aromatic N) is 1. The van der Waals surface area contributed by atoms with Gasteiger partial charge >= 0.3 is 5.97 Å². The molecule has 0 saturated carbocycles. The molecule has 16 heavy (non-hydrogen) atoms. The minimum atomic E-state index is -0.887. The first-order chi connectivity index (χ1) is 7.74. The van der Waals surface area contributed by atoms with Gasteiger partial charge in [-0.1, -0.05) is 0 Å². The van der Waals surface area contributed by atoms with Gasteiger partial charge in [0, 0.05) is 6.42 Å². The standard InChI is InChI=1S/C11H16N2O3/c14-11(15)5-9-7-13-10(16-9)4-8-2-1-3-12-6-8/h7-8,12H,1-6H2,(H,14,15). The summed E-state index contributed by atoms with van der Waals surface area (Å²) in [6, 6.07) is 0. The van der Waals surface area contributed by atoms with Crippen molar-refractivity contribution < 1.29 is 14.3 Å². The molecule has 1 atom stereocenters. The van der Waals surface area contributed by atoms with Crippen LogP contribution in [0.2, 0.25) is 0 Å². The molecule has 1 aliphatic heterocycles. The molecule has 5 nitrogen and oxygen atoms in total. The van der Waals surface area contributed by atoms with E-state index in [0.29, 0.717) is 17.6 Å². The van der Waals surface area contributed by atoms with Gasteiger partial charge in [0.15, 0.2) is 5.89 Å². The smallest absolute Gasteiger partial charge is 0.311 e. The summed E-state index contributed by atoms with van der Waals surface area (Å²) in [6.07, 6.45) is 4.60. The summed E-state index contributed by atoms with van der Waals surface area (Å²) >= 11 is 0. The average molecular weight is 224 g/mol. The summed E-state index contributed by atoms with van der Waals surface area (Å²) in [6.45, 7) is 2.09. The Kier molecular flexibility index (Phi) is 3.56. The first-order valence-corrected chi connectivity index (χ1v) is 5.60. The van der Waals surface area contributed by atoms with Crippen LogP contribution in [0.15, 0.2) is 10.6 Å². The fourth-order valence-electron chi connectivity index (χ4n) is 2.02. The Labute approximate surface area is 93.9 Å². The van der Waals surface area contributed by atoms with Crippen LogP contribution in [0.25, 0.3) is 0 Å². The van der Waals surface area contributed by atoms with Crippen molar-refractivity contribution in [3.8, 4) is 0 Å². The van der Waals surface area contributed by atoms with Crippen LogP contribution in [0, 0.1) is 5.92 Å². The van der Waals surface area contributed by atoms with Gasteiger partial charge in [-0.3, -0.25) is 4.79 Å². The molecule has 0 aliphatic carbocycles. The summed E-state index contributed by atoms with van der Waals surface area (Å²) in [5.74, 6) is 0.767. The van der Waals surface area contributed by atoms with E-state index in [1.165, 1.54) is 19.0 Å². The van der Waals surface area contributed by atoms with Crippen molar-refractivity contribution in [1.82, 2.24) is 10.3 Å². The predicted octanol–water partition coefficient (Wildman–Crippen LogP) is 0.844. The summed E-state index contributed by atoms with van der Waals surface area (Å²) < 4.78 is 5.38. The van der Waals surface area contributed by atoms with Gasteiger partial charge in [0.05, 0.1) is 6.20 Å². The number of carboxylic acid groups (broad SMARTS) is 1. The molecular weight excluding hydrogens is 208 g/mol. The fraction of sp³-hybridized carbons (Fsp3) is 0.636. The van der Waals surface area contributed by atoms with E-state index in [9.17, 15) is 4.79 Å². The second-order valence-corrected chi connectivity index (χ2v) is 4.21. The quantitative estimate of drug-likeness (QED) is 0.792. The van der Waals surface area contributed by atoms with Gasteiger partial charge in [0.2, 0.25) is 0 Å². The minimum Gasteiger partial charge on any atom is -0.481 e.